The maximum Gasteiger partial charge on any atom is 0.157 e. The first-order valence-corrected chi connectivity index (χ1v) is 11.4. The van der Waals surface area contributed by atoms with Gasteiger partial charge in [-0.15, -0.1) is 0 Å². The Balaban J connectivity index is 3.57. The third-order valence-corrected chi connectivity index (χ3v) is 4.77. The molecule has 0 rings (SSSR count). The van der Waals surface area contributed by atoms with E-state index in [0.717, 1.165) is 19.6 Å². The molecule has 0 aromatic heterocycles. The van der Waals surface area contributed by atoms with E-state index in [2.05, 4.69) is 27.7 Å². The van der Waals surface area contributed by atoms with Gasteiger partial charge in [-0.25, -0.2) is 0 Å². The smallest absolute Gasteiger partial charge is 0.157 e. The first-order valence-electron chi connectivity index (χ1n) is 11.4. The van der Waals surface area contributed by atoms with Gasteiger partial charge in [0.25, 0.3) is 0 Å². The average Bonchev–Trinajstić information content (AvgIpc) is 2.58. The highest BCUT2D eigenvalue weighted by atomic mass is 16.7. The molecule has 25 heavy (non-hydrogen) atoms. The van der Waals surface area contributed by atoms with E-state index in [4.69, 9.17) is 9.47 Å². The molecule has 0 bridgehead atoms. The molecule has 0 N–H and O–H groups in total. The molecular formula is C23H48O2. The average molecular weight is 357 g/mol. The summed E-state index contributed by atoms with van der Waals surface area (Å²) in [6.07, 6.45) is 19.7. The van der Waals surface area contributed by atoms with Crippen LogP contribution in [0.4, 0.5) is 0 Å². The van der Waals surface area contributed by atoms with Crippen molar-refractivity contribution in [3.8, 4) is 0 Å². The van der Waals surface area contributed by atoms with Crippen LogP contribution in [0.3, 0.4) is 0 Å². The van der Waals surface area contributed by atoms with Gasteiger partial charge < -0.3 is 9.47 Å². The zero-order chi connectivity index (χ0) is 18.6. The van der Waals surface area contributed by atoms with Crippen LogP contribution in [0.1, 0.15) is 124 Å². The van der Waals surface area contributed by atoms with Gasteiger partial charge in [-0.2, -0.15) is 0 Å². The van der Waals surface area contributed by atoms with Crippen molar-refractivity contribution in [2.75, 3.05) is 13.2 Å². The molecule has 1 unspecified atom stereocenters. The van der Waals surface area contributed by atoms with Crippen molar-refractivity contribution in [3.05, 3.63) is 0 Å². The van der Waals surface area contributed by atoms with Crippen LogP contribution < -0.4 is 0 Å². The molecule has 0 spiro atoms. The molecular weight excluding hydrogens is 308 g/mol. The van der Waals surface area contributed by atoms with E-state index in [1.807, 2.05) is 0 Å². The fraction of sp³-hybridized carbons (Fsp3) is 1.00. The summed E-state index contributed by atoms with van der Waals surface area (Å²) in [7, 11) is 0. The fourth-order valence-electron chi connectivity index (χ4n) is 3.12. The van der Waals surface area contributed by atoms with E-state index < -0.39 is 0 Å². The van der Waals surface area contributed by atoms with Gasteiger partial charge in [-0.1, -0.05) is 105 Å². The van der Waals surface area contributed by atoms with Crippen molar-refractivity contribution < 1.29 is 9.47 Å². The first-order chi connectivity index (χ1) is 12.2. The molecule has 0 aromatic rings. The van der Waals surface area contributed by atoms with Crippen LogP contribution in [0.2, 0.25) is 0 Å². The Morgan fingerprint density at radius 1 is 0.520 bits per heavy atom. The molecule has 0 saturated heterocycles. The van der Waals surface area contributed by atoms with Gasteiger partial charge in [0.05, 0.1) is 0 Å². The molecule has 0 aromatic carbocycles. The molecule has 152 valence electrons. The molecule has 1 atom stereocenters. The Labute approximate surface area is 159 Å². The minimum absolute atomic E-state index is 0.0141. The van der Waals surface area contributed by atoms with Gasteiger partial charge in [0, 0.05) is 19.6 Å². The normalized spacial score (nSPS) is 12.8. The van der Waals surface area contributed by atoms with Crippen molar-refractivity contribution in [2.45, 2.75) is 130 Å². The molecule has 0 radical (unpaired) electrons. The number of ether oxygens (including phenoxy) is 2. The zero-order valence-electron chi connectivity index (χ0n) is 18.0. The van der Waals surface area contributed by atoms with Crippen LogP contribution in [0.5, 0.6) is 0 Å². The Bertz CT molecular complexity index is 240. The summed E-state index contributed by atoms with van der Waals surface area (Å²) < 4.78 is 12.0. The second kappa shape index (κ2) is 20.2. The van der Waals surface area contributed by atoms with Crippen LogP contribution in [-0.2, 0) is 9.47 Å². The second-order valence-electron chi connectivity index (χ2n) is 8.04. The van der Waals surface area contributed by atoms with E-state index in [1.54, 1.807) is 0 Å². The quantitative estimate of drug-likeness (QED) is 0.163. The maximum absolute atomic E-state index is 6.02. The summed E-state index contributed by atoms with van der Waals surface area (Å²) in [5.41, 5.74) is 0. The van der Waals surface area contributed by atoms with E-state index in [1.165, 1.54) is 89.9 Å². The van der Waals surface area contributed by atoms with E-state index in [0.29, 0.717) is 5.92 Å². The molecule has 0 aliphatic carbocycles. The predicted octanol–water partition coefficient (Wildman–Crippen LogP) is 7.89. The Morgan fingerprint density at radius 2 is 0.880 bits per heavy atom. The number of rotatable bonds is 20. The molecule has 2 heteroatoms. The SMILES string of the molecule is CCCCCCCCCCOC(CC(C)C)OCCCCCCCC. The first kappa shape index (κ1) is 24.9. The highest BCUT2D eigenvalue weighted by molar-refractivity contribution is 4.53. The Hall–Kier alpha value is -0.0800. The van der Waals surface area contributed by atoms with Gasteiger partial charge in [0.1, 0.15) is 0 Å². The van der Waals surface area contributed by atoms with E-state index in [-0.39, 0.29) is 6.29 Å². The summed E-state index contributed by atoms with van der Waals surface area (Å²) in [5.74, 6) is 0.633. The third-order valence-electron chi connectivity index (χ3n) is 4.77. The number of unbranched alkanes of at least 4 members (excludes halogenated alkanes) is 12. The topological polar surface area (TPSA) is 18.5 Å². The van der Waals surface area contributed by atoms with Gasteiger partial charge >= 0.3 is 0 Å². The fourth-order valence-corrected chi connectivity index (χ4v) is 3.12. The summed E-state index contributed by atoms with van der Waals surface area (Å²) in [6.45, 7) is 10.8. The standard InChI is InChI=1S/C23H48O2/c1-5-7-9-11-13-14-16-18-20-25-23(21-22(3)4)24-19-17-15-12-10-8-6-2/h22-23H,5-21H2,1-4H3. The van der Waals surface area contributed by atoms with E-state index >= 15 is 0 Å². The summed E-state index contributed by atoms with van der Waals surface area (Å²) >= 11 is 0. The molecule has 0 fully saturated rings. The van der Waals surface area contributed by atoms with Crippen LogP contribution >= 0.6 is 0 Å². The zero-order valence-corrected chi connectivity index (χ0v) is 18.0. The second-order valence-corrected chi connectivity index (χ2v) is 8.04. The molecule has 0 aliphatic rings. The van der Waals surface area contributed by atoms with Crippen molar-refractivity contribution in [3.63, 3.8) is 0 Å². The van der Waals surface area contributed by atoms with Crippen LogP contribution in [0, 0.1) is 5.92 Å². The largest absolute Gasteiger partial charge is 0.353 e. The van der Waals surface area contributed by atoms with Crippen molar-refractivity contribution in [1.29, 1.82) is 0 Å². The Morgan fingerprint density at radius 3 is 1.24 bits per heavy atom. The summed E-state index contributed by atoms with van der Waals surface area (Å²) in [4.78, 5) is 0. The minimum atomic E-state index is 0.0141. The molecule has 0 saturated carbocycles. The highest BCUT2D eigenvalue weighted by Gasteiger charge is 2.11. The molecule has 0 aliphatic heterocycles. The van der Waals surface area contributed by atoms with Gasteiger partial charge in [0.15, 0.2) is 6.29 Å². The lowest BCUT2D eigenvalue weighted by Gasteiger charge is -2.20. The van der Waals surface area contributed by atoms with Crippen molar-refractivity contribution in [2.24, 2.45) is 5.92 Å². The summed E-state index contributed by atoms with van der Waals surface area (Å²) in [6, 6.07) is 0. The molecule has 0 amide bonds. The van der Waals surface area contributed by atoms with E-state index in [9.17, 15) is 0 Å². The molecule has 0 heterocycles. The van der Waals surface area contributed by atoms with Crippen LogP contribution in [-0.4, -0.2) is 19.5 Å². The minimum Gasteiger partial charge on any atom is -0.353 e. The summed E-state index contributed by atoms with van der Waals surface area (Å²) in [5, 5.41) is 0. The lowest BCUT2D eigenvalue weighted by atomic mass is 10.1. The van der Waals surface area contributed by atoms with Crippen LogP contribution in [0.15, 0.2) is 0 Å². The predicted molar refractivity (Wildman–Crippen MR) is 111 cm³/mol. The van der Waals surface area contributed by atoms with Crippen molar-refractivity contribution in [1.82, 2.24) is 0 Å². The number of hydrogen-bond acceptors (Lipinski definition) is 2. The molecule has 2 nitrogen and oxygen atoms in total. The Kier molecular flexibility index (Phi) is 20.2. The van der Waals surface area contributed by atoms with Crippen molar-refractivity contribution >= 4 is 0 Å². The van der Waals surface area contributed by atoms with Gasteiger partial charge in [-0.3, -0.25) is 0 Å². The monoisotopic (exact) mass is 356 g/mol. The van der Waals surface area contributed by atoms with Crippen LogP contribution in [0.25, 0.3) is 0 Å². The third kappa shape index (κ3) is 20.1. The van der Waals surface area contributed by atoms with Gasteiger partial charge in [0.2, 0.25) is 0 Å². The lowest BCUT2D eigenvalue weighted by Crippen LogP contribution is -2.21. The maximum atomic E-state index is 6.02. The lowest BCUT2D eigenvalue weighted by molar-refractivity contribution is -0.152. The highest BCUT2D eigenvalue weighted by Crippen LogP contribution is 2.13. The number of hydrogen-bond donors (Lipinski definition) is 0. The van der Waals surface area contributed by atoms with Gasteiger partial charge in [-0.05, 0) is 18.8 Å².